The van der Waals surface area contributed by atoms with Gasteiger partial charge in [0.25, 0.3) is 0 Å². The van der Waals surface area contributed by atoms with Crippen LogP contribution in [0.15, 0.2) is 0 Å². The zero-order valence-corrected chi connectivity index (χ0v) is 16.5. The summed E-state index contributed by atoms with van der Waals surface area (Å²) in [5, 5.41) is 0. The maximum atomic E-state index is 5.99. The first-order valence-electron chi connectivity index (χ1n) is 5.54. The molecule has 0 N–H and O–H groups in total. The summed E-state index contributed by atoms with van der Waals surface area (Å²) in [6, 6.07) is 0. The molecule has 1 aliphatic rings. The van der Waals surface area contributed by atoms with Gasteiger partial charge in [0.15, 0.2) is 8.32 Å². The van der Waals surface area contributed by atoms with Crippen LogP contribution in [0.25, 0.3) is 0 Å². The van der Waals surface area contributed by atoms with Crippen LogP contribution < -0.4 is 0 Å². The Bertz CT molecular complexity index is 248. The monoisotopic (exact) mass is 325 g/mol. The van der Waals surface area contributed by atoms with E-state index < -0.39 is 35.0 Å². The molecule has 0 spiro atoms. The Morgan fingerprint density at radius 3 is 1.71 bits per heavy atom. The van der Waals surface area contributed by atoms with Crippen LogP contribution in [0.4, 0.5) is 0 Å². The molecule has 1 rings (SSSR count). The van der Waals surface area contributed by atoms with Gasteiger partial charge < -0.3 is 20.6 Å². The van der Waals surface area contributed by atoms with Crippen molar-refractivity contribution in [2.75, 3.05) is 0 Å². The SMILES string of the molecule is C[Si](C)(C)O[Si]1O[Si](C)(C)O[Si]O[Si](C)(C)O1. The highest BCUT2D eigenvalue weighted by Gasteiger charge is 2.44. The minimum Gasteiger partial charge on any atom is -0.415 e. The quantitative estimate of drug-likeness (QED) is 0.725. The van der Waals surface area contributed by atoms with E-state index in [1.54, 1.807) is 0 Å². The van der Waals surface area contributed by atoms with Crippen LogP contribution in [0.5, 0.6) is 0 Å². The summed E-state index contributed by atoms with van der Waals surface area (Å²) in [6.45, 7) is 14.3. The fraction of sp³-hybridized carbons (Fsp3) is 1.00. The molecular formula is C7H21O5Si5. The molecule has 17 heavy (non-hydrogen) atoms. The van der Waals surface area contributed by atoms with Crippen molar-refractivity contribution < 1.29 is 20.6 Å². The van der Waals surface area contributed by atoms with Crippen molar-refractivity contribution in [1.82, 2.24) is 0 Å². The Morgan fingerprint density at radius 1 is 0.941 bits per heavy atom. The molecule has 0 saturated carbocycles. The summed E-state index contributed by atoms with van der Waals surface area (Å²) in [4.78, 5) is 0. The topological polar surface area (TPSA) is 46.2 Å². The molecule has 3 radical (unpaired) electrons. The lowest BCUT2D eigenvalue weighted by molar-refractivity contribution is 0.221. The second-order valence-electron chi connectivity index (χ2n) is 5.76. The lowest BCUT2D eigenvalue weighted by Gasteiger charge is -2.36. The Morgan fingerprint density at radius 2 is 1.35 bits per heavy atom. The Labute approximate surface area is 111 Å². The molecule has 0 unspecified atom stereocenters. The van der Waals surface area contributed by atoms with E-state index in [0.29, 0.717) is 0 Å². The van der Waals surface area contributed by atoms with Crippen molar-refractivity contribution in [3.05, 3.63) is 0 Å². The third-order valence-corrected chi connectivity index (χ3v) is 14.6. The van der Waals surface area contributed by atoms with Gasteiger partial charge in [0.2, 0.25) is 0 Å². The fourth-order valence-electron chi connectivity index (χ4n) is 0.977. The third-order valence-electron chi connectivity index (χ3n) is 1.62. The van der Waals surface area contributed by atoms with Gasteiger partial charge in [-0.2, -0.15) is 0 Å². The standard InChI is InChI=1S/C7H21O5Si5/c1-15(2,3)10-14-11-16(4,5)8-13-9-17(6,7)12-14/h1-7H3. The van der Waals surface area contributed by atoms with Gasteiger partial charge in [-0.3, -0.25) is 0 Å². The molecule has 0 amide bonds. The smallest absolute Gasteiger partial charge is 0.415 e. The van der Waals surface area contributed by atoms with Crippen molar-refractivity contribution in [2.24, 2.45) is 0 Å². The molecule has 0 atom stereocenters. The number of hydrogen-bond donors (Lipinski definition) is 0. The summed E-state index contributed by atoms with van der Waals surface area (Å²) in [5.74, 6) is 0. The summed E-state index contributed by atoms with van der Waals surface area (Å²) in [6.07, 6.45) is 0. The van der Waals surface area contributed by atoms with Gasteiger partial charge in [-0.15, -0.1) is 0 Å². The second-order valence-corrected chi connectivity index (χ2v) is 20.3. The van der Waals surface area contributed by atoms with Crippen LogP contribution in [0.3, 0.4) is 0 Å². The lowest BCUT2D eigenvalue weighted by atomic mass is 11.8. The molecule has 0 bridgehead atoms. The average Bonchev–Trinajstić information content (AvgIpc) is 1.94. The molecule has 1 heterocycles. The highest BCUT2D eigenvalue weighted by molar-refractivity contribution is 6.84. The van der Waals surface area contributed by atoms with Gasteiger partial charge in [0.05, 0.1) is 0 Å². The first-order chi connectivity index (χ1) is 7.49. The normalized spacial score (nSPS) is 26.3. The minimum atomic E-state index is -2.17. The maximum absolute atomic E-state index is 5.99. The first kappa shape index (κ1) is 15.9. The third kappa shape index (κ3) is 6.56. The van der Waals surface area contributed by atoms with E-state index in [1.165, 1.54) is 0 Å². The predicted molar refractivity (Wildman–Crippen MR) is 75.2 cm³/mol. The summed E-state index contributed by atoms with van der Waals surface area (Å²) < 4.78 is 29.3. The fourth-order valence-corrected chi connectivity index (χ4v) is 11.0. The number of hydrogen-bond acceptors (Lipinski definition) is 5. The van der Waals surface area contributed by atoms with Gasteiger partial charge in [-0.05, 0) is 45.8 Å². The highest BCUT2D eigenvalue weighted by atomic mass is 28.5. The molecule has 0 aromatic heterocycles. The Kier molecular flexibility index (Phi) is 5.14. The molecule has 0 aromatic carbocycles. The van der Waals surface area contributed by atoms with E-state index in [1.807, 2.05) is 26.2 Å². The Balaban J connectivity index is 2.74. The van der Waals surface area contributed by atoms with Gasteiger partial charge in [0.1, 0.15) is 0 Å². The molecule has 99 valence electrons. The molecule has 5 nitrogen and oxygen atoms in total. The second kappa shape index (κ2) is 5.48. The highest BCUT2D eigenvalue weighted by Crippen LogP contribution is 2.20. The van der Waals surface area contributed by atoms with Crippen molar-refractivity contribution in [3.63, 3.8) is 0 Å². The van der Waals surface area contributed by atoms with Crippen LogP contribution in [0, 0.1) is 0 Å². The van der Waals surface area contributed by atoms with Gasteiger partial charge >= 0.3 is 36.7 Å². The molecular weight excluding hydrogens is 305 g/mol. The van der Waals surface area contributed by atoms with Crippen molar-refractivity contribution >= 4 is 45.0 Å². The molecule has 0 aliphatic carbocycles. The summed E-state index contributed by atoms with van der Waals surface area (Å²) in [7, 11) is -7.74. The van der Waals surface area contributed by atoms with Gasteiger partial charge in [0, 0.05) is 0 Å². The van der Waals surface area contributed by atoms with Gasteiger partial charge in [-0.25, -0.2) is 0 Å². The zero-order chi connectivity index (χ0) is 13.3. The van der Waals surface area contributed by atoms with Crippen LogP contribution in [0.2, 0.25) is 45.8 Å². The predicted octanol–water partition coefficient (Wildman–Crippen LogP) is 1.84. The van der Waals surface area contributed by atoms with E-state index in [2.05, 4.69) is 19.6 Å². The van der Waals surface area contributed by atoms with Crippen molar-refractivity contribution in [3.8, 4) is 0 Å². The Hall–Kier alpha value is 0.884. The summed E-state index contributed by atoms with van der Waals surface area (Å²) >= 11 is 0. The zero-order valence-electron chi connectivity index (χ0n) is 11.5. The van der Waals surface area contributed by atoms with E-state index >= 15 is 0 Å². The first-order valence-corrected chi connectivity index (χ1v) is 16.6. The minimum absolute atomic E-state index is 0.0164. The van der Waals surface area contributed by atoms with Crippen LogP contribution in [0.1, 0.15) is 0 Å². The maximum Gasteiger partial charge on any atom is 0.547 e. The number of rotatable bonds is 2. The van der Waals surface area contributed by atoms with Crippen LogP contribution in [-0.2, 0) is 20.6 Å². The molecule has 1 aliphatic heterocycles. The average molecular weight is 326 g/mol. The molecule has 1 fully saturated rings. The van der Waals surface area contributed by atoms with E-state index in [4.69, 9.17) is 20.6 Å². The van der Waals surface area contributed by atoms with Crippen LogP contribution >= 0.6 is 0 Å². The van der Waals surface area contributed by atoms with Crippen LogP contribution in [-0.4, -0.2) is 45.0 Å². The van der Waals surface area contributed by atoms with E-state index in [0.717, 1.165) is 0 Å². The molecule has 10 heteroatoms. The molecule has 1 saturated heterocycles. The molecule has 0 aromatic rings. The van der Waals surface area contributed by atoms with Gasteiger partial charge in [-0.1, -0.05) is 0 Å². The largest absolute Gasteiger partial charge is 0.547 e. The van der Waals surface area contributed by atoms with E-state index in [9.17, 15) is 0 Å². The lowest BCUT2D eigenvalue weighted by Crippen LogP contribution is -2.56. The van der Waals surface area contributed by atoms with E-state index in [-0.39, 0.29) is 10.0 Å². The van der Waals surface area contributed by atoms with Crippen molar-refractivity contribution in [1.29, 1.82) is 0 Å². The summed E-state index contributed by atoms with van der Waals surface area (Å²) in [5.41, 5.74) is 0. The van der Waals surface area contributed by atoms with Crippen molar-refractivity contribution in [2.45, 2.75) is 45.8 Å².